The maximum atomic E-state index is 4.77. The SMILES string of the molecule is CCNC(=NCCCC(C)(C)C)NC1CCN(c2cccc(C)n2)CC1.I. The van der Waals surface area contributed by atoms with Crippen molar-refractivity contribution in [1.29, 1.82) is 0 Å². The Labute approximate surface area is 182 Å². The lowest BCUT2D eigenvalue weighted by atomic mass is 9.91. The van der Waals surface area contributed by atoms with Crippen LogP contribution in [0.3, 0.4) is 0 Å². The molecular formula is C21H38IN5. The number of nitrogens with one attached hydrogen (secondary N) is 2. The molecule has 1 aliphatic heterocycles. The smallest absolute Gasteiger partial charge is 0.191 e. The Morgan fingerprint density at radius 3 is 2.56 bits per heavy atom. The van der Waals surface area contributed by atoms with Crippen molar-refractivity contribution in [3.63, 3.8) is 0 Å². The van der Waals surface area contributed by atoms with Crippen LogP contribution in [0.2, 0.25) is 0 Å². The van der Waals surface area contributed by atoms with Crippen LogP contribution in [0.25, 0.3) is 0 Å². The molecule has 1 fully saturated rings. The van der Waals surface area contributed by atoms with E-state index in [1.54, 1.807) is 0 Å². The number of anilines is 1. The van der Waals surface area contributed by atoms with E-state index in [9.17, 15) is 0 Å². The normalized spacial score (nSPS) is 16.0. The van der Waals surface area contributed by atoms with Gasteiger partial charge in [-0.3, -0.25) is 4.99 Å². The summed E-state index contributed by atoms with van der Waals surface area (Å²) in [5.74, 6) is 2.07. The minimum Gasteiger partial charge on any atom is -0.357 e. The molecule has 0 amide bonds. The number of hydrogen-bond acceptors (Lipinski definition) is 3. The first-order valence-corrected chi connectivity index (χ1v) is 10.1. The molecule has 0 aromatic carbocycles. The van der Waals surface area contributed by atoms with Crippen molar-refractivity contribution in [3.05, 3.63) is 23.9 Å². The van der Waals surface area contributed by atoms with E-state index in [0.29, 0.717) is 11.5 Å². The summed E-state index contributed by atoms with van der Waals surface area (Å²) in [5.41, 5.74) is 1.47. The lowest BCUT2D eigenvalue weighted by Crippen LogP contribution is -2.49. The molecule has 0 aliphatic carbocycles. The van der Waals surface area contributed by atoms with Gasteiger partial charge in [0.15, 0.2) is 5.96 Å². The summed E-state index contributed by atoms with van der Waals surface area (Å²) >= 11 is 0. The first-order valence-electron chi connectivity index (χ1n) is 10.1. The Morgan fingerprint density at radius 2 is 1.96 bits per heavy atom. The summed E-state index contributed by atoms with van der Waals surface area (Å²) in [6.45, 7) is 14.9. The molecule has 0 radical (unpaired) electrons. The highest BCUT2D eigenvalue weighted by molar-refractivity contribution is 14.0. The molecule has 2 N–H and O–H groups in total. The lowest BCUT2D eigenvalue weighted by Gasteiger charge is -2.34. The fourth-order valence-electron chi connectivity index (χ4n) is 3.27. The van der Waals surface area contributed by atoms with Crippen molar-refractivity contribution < 1.29 is 0 Å². The highest BCUT2D eigenvalue weighted by Gasteiger charge is 2.21. The molecule has 5 nitrogen and oxygen atoms in total. The summed E-state index contributed by atoms with van der Waals surface area (Å²) in [6, 6.07) is 6.74. The molecule has 27 heavy (non-hydrogen) atoms. The minimum atomic E-state index is 0. The van der Waals surface area contributed by atoms with E-state index in [4.69, 9.17) is 4.99 Å². The quantitative estimate of drug-likeness (QED) is 0.271. The summed E-state index contributed by atoms with van der Waals surface area (Å²) in [7, 11) is 0. The molecule has 1 saturated heterocycles. The molecule has 2 rings (SSSR count). The minimum absolute atomic E-state index is 0. The van der Waals surface area contributed by atoms with Crippen molar-refractivity contribution in [3.8, 4) is 0 Å². The van der Waals surface area contributed by atoms with Crippen molar-refractivity contribution in [2.45, 2.75) is 66.3 Å². The average Bonchev–Trinajstić information content (AvgIpc) is 2.58. The molecule has 154 valence electrons. The van der Waals surface area contributed by atoms with Crippen LogP contribution in [0, 0.1) is 12.3 Å². The molecule has 1 aliphatic rings. The zero-order chi connectivity index (χ0) is 19.0. The molecule has 0 spiro atoms. The Hall–Kier alpha value is -1.05. The van der Waals surface area contributed by atoms with E-state index < -0.39 is 0 Å². The average molecular weight is 487 g/mol. The van der Waals surface area contributed by atoms with Gasteiger partial charge in [-0.25, -0.2) is 4.98 Å². The summed E-state index contributed by atoms with van der Waals surface area (Å²) in [6.07, 6.45) is 4.57. The second kappa shape index (κ2) is 11.7. The number of aryl methyl sites for hydroxylation is 1. The third-order valence-corrected chi connectivity index (χ3v) is 4.73. The van der Waals surface area contributed by atoms with E-state index in [1.807, 2.05) is 0 Å². The van der Waals surface area contributed by atoms with E-state index in [0.717, 1.165) is 62.9 Å². The van der Waals surface area contributed by atoms with Gasteiger partial charge >= 0.3 is 0 Å². The van der Waals surface area contributed by atoms with Crippen molar-refractivity contribution in [2.24, 2.45) is 10.4 Å². The molecule has 6 heteroatoms. The second-order valence-electron chi connectivity index (χ2n) is 8.47. The topological polar surface area (TPSA) is 52.6 Å². The van der Waals surface area contributed by atoms with Gasteiger partial charge in [-0.1, -0.05) is 26.8 Å². The molecule has 0 atom stereocenters. The lowest BCUT2D eigenvalue weighted by molar-refractivity contribution is 0.368. The first kappa shape index (κ1) is 24.0. The molecule has 1 aromatic heterocycles. The number of aliphatic imine (C=N–C) groups is 1. The standard InChI is InChI=1S/C21H37N5.HI/c1-6-22-20(23-14-8-13-21(3,4)5)25-18-11-15-26(16-12-18)19-10-7-9-17(2)24-19;/h7,9-10,18H,6,8,11-16H2,1-5H3,(H2,22,23,25);1H. The van der Waals surface area contributed by atoms with Crippen LogP contribution in [-0.2, 0) is 0 Å². The Kier molecular flexibility index (Phi) is 10.4. The van der Waals surface area contributed by atoms with E-state index >= 15 is 0 Å². The third kappa shape index (κ3) is 9.12. The maximum absolute atomic E-state index is 4.77. The van der Waals surface area contributed by atoms with Crippen LogP contribution >= 0.6 is 24.0 Å². The number of nitrogens with zero attached hydrogens (tertiary/aromatic N) is 3. The maximum Gasteiger partial charge on any atom is 0.191 e. The molecular weight excluding hydrogens is 449 g/mol. The van der Waals surface area contributed by atoms with Crippen LogP contribution in [0.4, 0.5) is 5.82 Å². The molecule has 0 bridgehead atoms. The van der Waals surface area contributed by atoms with Gasteiger partial charge in [0.2, 0.25) is 0 Å². The monoisotopic (exact) mass is 487 g/mol. The molecule has 0 saturated carbocycles. The zero-order valence-electron chi connectivity index (χ0n) is 17.7. The predicted octanol–water partition coefficient (Wildman–Crippen LogP) is 4.36. The van der Waals surface area contributed by atoms with Crippen LogP contribution in [-0.4, -0.2) is 43.2 Å². The summed E-state index contributed by atoms with van der Waals surface area (Å²) < 4.78 is 0. The Morgan fingerprint density at radius 1 is 1.26 bits per heavy atom. The summed E-state index contributed by atoms with van der Waals surface area (Å²) in [4.78, 5) is 11.8. The van der Waals surface area contributed by atoms with Gasteiger partial charge in [0.25, 0.3) is 0 Å². The number of pyridine rings is 1. The van der Waals surface area contributed by atoms with Gasteiger partial charge in [-0.2, -0.15) is 0 Å². The fourth-order valence-corrected chi connectivity index (χ4v) is 3.27. The Balaban J connectivity index is 0.00000364. The summed E-state index contributed by atoms with van der Waals surface area (Å²) in [5, 5.41) is 7.02. The second-order valence-corrected chi connectivity index (χ2v) is 8.47. The van der Waals surface area contributed by atoms with E-state index in [2.05, 4.69) is 73.3 Å². The van der Waals surface area contributed by atoms with Crippen LogP contribution in [0.5, 0.6) is 0 Å². The van der Waals surface area contributed by atoms with Gasteiger partial charge in [0.05, 0.1) is 0 Å². The predicted molar refractivity (Wildman–Crippen MR) is 127 cm³/mol. The number of piperidine rings is 1. The van der Waals surface area contributed by atoms with Gasteiger partial charge in [-0.15, -0.1) is 24.0 Å². The zero-order valence-corrected chi connectivity index (χ0v) is 20.0. The number of rotatable bonds is 6. The molecule has 1 aromatic rings. The largest absolute Gasteiger partial charge is 0.357 e. The molecule has 0 unspecified atom stereocenters. The number of aromatic nitrogens is 1. The number of hydrogen-bond donors (Lipinski definition) is 2. The third-order valence-electron chi connectivity index (χ3n) is 4.73. The van der Waals surface area contributed by atoms with Gasteiger partial charge in [0.1, 0.15) is 5.82 Å². The highest BCUT2D eigenvalue weighted by atomic mass is 127. The Bertz CT molecular complexity index is 574. The number of halogens is 1. The van der Waals surface area contributed by atoms with Crippen molar-refractivity contribution in [2.75, 3.05) is 31.1 Å². The number of guanidine groups is 1. The van der Waals surface area contributed by atoms with Gasteiger partial charge in [-0.05, 0) is 57.1 Å². The highest BCUT2D eigenvalue weighted by Crippen LogP contribution is 2.20. The van der Waals surface area contributed by atoms with E-state index in [1.165, 1.54) is 6.42 Å². The molecule has 2 heterocycles. The van der Waals surface area contributed by atoms with Crippen LogP contribution in [0.1, 0.15) is 59.1 Å². The first-order chi connectivity index (χ1) is 12.4. The van der Waals surface area contributed by atoms with Crippen molar-refractivity contribution in [1.82, 2.24) is 15.6 Å². The van der Waals surface area contributed by atoms with E-state index in [-0.39, 0.29) is 24.0 Å². The fraction of sp³-hybridized carbons (Fsp3) is 0.714. The van der Waals surface area contributed by atoms with Gasteiger partial charge in [0, 0.05) is 37.9 Å². The van der Waals surface area contributed by atoms with Gasteiger partial charge < -0.3 is 15.5 Å². The van der Waals surface area contributed by atoms with Crippen molar-refractivity contribution >= 4 is 35.8 Å². The van der Waals surface area contributed by atoms with Crippen LogP contribution < -0.4 is 15.5 Å². The van der Waals surface area contributed by atoms with Crippen LogP contribution in [0.15, 0.2) is 23.2 Å².